The van der Waals surface area contributed by atoms with E-state index in [0.29, 0.717) is 17.8 Å². The van der Waals surface area contributed by atoms with E-state index in [-0.39, 0.29) is 27.9 Å². The number of rotatable bonds is 0. The highest BCUT2D eigenvalue weighted by atomic mass is 16.5. The second-order valence-corrected chi connectivity index (χ2v) is 11.4. The molecule has 2 heteroatoms. The highest BCUT2D eigenvalue weighted by molar-refractivity contribution is 5.16. The van der Waals surface area contributed by atoms with E-state index >= 15 is 0 Å². The summed E-state index contributed by atoms with van der Waals surface area (Å²) in [5.41, 5.74) is 0.696. The summed E-state index contributed by atoms with van der Waals surface area (Å²) in [5.74, 6) is 1.71. The van der Waals surface area contributed by atoms with Crippen LogP contribution in [0.3, 0.4) is 0 Å². The molecule has 3 aliphatic carbocycles. The van der Waals surface area contributed by atoms with Crippen LogP contribution in [0.1, 0.15) is 86.0 Å². The molecule has 1 heterocycles. The lowest BCUT2D eigenvalue weighted by Gasteiger charge is -2.69. The van der Waals surface area contributed by atoms with E-state index in [0.717, 1.165) is 19.4 Å². The van der Waals surface area contributed by atoms with Crippen molar-refractivity contribution in [3.05, 3.63) is 12.2 Å². The molecule has 4 aliphatic rings. The second kappa shape index (κ2) is 6.08. The lowest BCUT2D eigenvalue weighted by atomic mass is 9.37. The molecule has 0 bridgehead atoms. The van der Waals surface area contributed by atoms with Crippen molar-refractivity contribution in [2.24, 2.45) is 34.0 Å². The minimum absolute atomic E-state index is 0.0247. The maximum atomic E-state index is 11.5. The third kappa shape index (κ3) is 2.58. The van der Waals surface area contributed by atoms with Crippen LogP contribution in [0, 0.1) is 34.0 Å². The summed E-state index contributed by atoms with van der Waals surface area (Å²) in [5, 5.41) is 11.5. The third-order valence-electron chi connectivity index (χ3n) is 9.48. The number of aliphatic hydroxyl groups is 1. The minimum atomic E-state index is -0.167. The zero-order valence-electron chi connectivity index (χ0n) is 17.7. The summed E-state index contributed by atoms with van der Waals surface area (Å²) in [4.78, 5) is 0. The molecule has 7 atom stereocenters. The normalized spacial score (nSPS) is 54.8. The molecule has 0 aromatic carbocycles. The third-order valence-corrected chi connectivity index (χ3v) is 9.48. The fraction of sp³-hybridized carbons (Fsp3) is 0.917. The smallest absolute Gasteiger partial charge is 0.0692 e. The number of allylic oxidation sites excluding steroid dienone is 1. The Kier molecular flexibility index (Phi) is 4.44. The van der Waals surface area contributed by atoms with Gasteiger partial charge in [0.05, 0.1) is 18.3 Å². The van der Waals surface area contributed by atoms with Gasteiger partial charge in [-0.1, -0.05) is 46.3 Å². The predicted octanol–water partition coefficient (Wildman–Crippen LogP) is 5.74. The van der Waals surface area contributed by atoms with E-state index in [4.69, 9.17) is 4.74 Å². The number of hydrogen-bond donors (Lipinski definition) is 1. The predicted molar refractivity (Wildman–Crippen MR) is 107 cm³/mol. The van der Waals surface area contributed by atoms with Crippen LogP contribution in [0.4, 0.5) is 0 Å². The molecule has 148 valence electrons. The molecule has 2 nitrogen and oxygen atoms in total. The number of aliphatic hydroxyl groups excluding tert-OH is 1. The average molecular weight is 361 g/mol. The lowest BCUT2D eigenvalue weighted by molar-refractivity contribution is -0.250. The van der Waals surface area contributed by atoms with Crippen LogP contribution < -0.4 is 0 Å². The van der Waals surface area contributed by atoms with Gasteiger partial charge < -0.3 is 9.84 Å². The van der Waals surface area contributed by atoms with Gasteiger partial charge in [0, 0.05) is 0 Å². The minimum Gasteiger partial charge on any atom is -0.393 e. The fourth-order valence-electron chi connectivity index (χ4n) is 8.79. The summed E-state index contributed by atoms with van der Waals surface area (Å²) < 4.78 is 6.47. The largest absolute Gasteiger partial charge is 0.393 e. The Bertz CT molecular complexity index is 581. The van der Waals surface area contributed by atoms with Gasteiger partial charge in [-0.25, -0.2) is 0 Å². The van der Waals surface area contributed by atoms with Gasteiger partial charge in [0.1, 0.15) is 0 Å². The van der Waals surface area contributed by atoms with Gasteiger partial charge in [-0.2, -0.15) is 0 Å². The molecule has 0 aromatic rings. The van der Waals surface area contributed by atoms with Gasteiger partial charge in [0.2, 0.25) is 0 Å². The second-order valence-electron chi connectivity index (χ2n) is 11.4. The summed E-state index contributed by atoms with van der Waals surface area (Å²) in [6, 6.07) is 0. The lowest BCUT2D eigenvalue weighted by Crippen LogP contribution is -2.66. The first-order valence-corrected chi connectivity index (χ1v) is 11.1. The van der Waals surface area contributed by atoms with Gasteiger partial charge in [0.25, 0.3) is 0 Å². The Morgan fingerprint density at radius 2 is 1.65 bits per heavy atom. The molecule has 26 heavy (non-hydrogen) atoms. The highest BCUT2D eigenvalue weighted by Gasteiger charge is 2.66. The molecule has 0 unspecified atom stereocenters. The van der Waals surface area contributed by atoms with Crippen molar-refractivity contribution < 1.29 is 9.84 Å². The van der Waals surface area contributed by atoms with Gasteiger partial charge in [-0.15, -0.1) is 0 Å². The summed E-state index contributed by atoms with van der Waals surface area (Å²) in [6.07, 6.45) is 14.0. The van der Waals surface area contributed by atoms with E-state index in [1.54, 1.807) is 0 Å². The number of ether oxygens (including phenoxy) is 1. The van der Waals surface area contributed by atoms with Crippen LogP contribution in [0.2, 0.25) is 0 Å². The summed E-state index contributed by atoms with van der Waals surface area (Å²) in [7, 11) is 0. The fourth-order valence-corrected chi connectivity index (χ4v) is 8.79. The molecular formula is C24H40O2. The van der Waals surface area contributed by atoms with Crippen LogP contribution >= 0.6 is 0 Å². The monoisotopic (exact) mass is 360 g/mol. The Hall–Kier alpha value is -0.340. The molecule has 1 N–H and O–H groups in total. The Balaban J connectivity index is 1.76. The number of fused-ring (bicyclic) bond motifs is 5. The average Bonchev–Trinajstić information content (AvgIpc) is 2.48. The van der Waals surface area contributed by atoms with Gasteiger partial charge in [-0.05, 0) is 85.9 Å². The van der Waals surface area contributed by atoms with Crippen molar-refractivity contribution >= 4 is 0 Å². The SMILES string of the molecule is CC1(C)CCC[C@]2(C)[C@H]3CC[C@]4(C)OC/C=C\CC[C@H]4[C@]3(C)C[C@H](O)[C@@H]12. The molecule has 4 rings (SSSR count). The van der Waals surface area contributed by atoms with E-state index in [9.17, 15) is 5.11 Å². The van der Waals surface area contributed by atoms with Crippen LogP contribution in [0.5, 0.6) is 0 Å². The van der Waals surface area contributed by atoms with Gasteiger partial charge >= 0.3 is 0 Å². The van der Waals surface area contributed by atoms with Crippen molar-refractivity contribution in [2.45, 2.75) is 97.7 Å². The Morgan fingerprint density at radius 1 is 0.885 bits per heavy atom. The van der Waals surface area contributed by atoms with Crippen molar-refractivity contribution in [1.82, 2.24) is 0 Å². The Morgan fingerprint density at radius 3 is 2.42 bits per heavy atom. The van der Waals surface area contributed by atoms with E-state index in [1.807, 2.05) is 0 Å². The first-order valence-electron chi connectivity index (χ1n) is 11.1. The van der Waals surface area contributed by atoms with Crippen LogP contribution in [-0.2, 0) is 4.74 Å². The highest BCUT2D eigenvalue weighted by Crippen LogP contribution is 2.70. The summed E-state index contributed by atoms with van der Waals surface area (Å²) in [6.45, 7) is 13.0. The van der Waals surface area contributed by atoms with Crippen molar-refractivity contribution in [3.8, 4) is 0 Å². The maximum absolute atomic E-state index is 11.5. The van der Waals surface area contributed by atoms with Crippen molar-refractivity contribution in [2.75, 3.05) is 6.61 Å². The zero-order chi connectivity index (χ0) is 18.8. The molecule has 1 aliphatic heterocycles. The molecule has 3 fully saturated rings. The van der Waals surface area contributed by atoms with Crippen LogP contribution in [0.25, 0.3) is 0 Å². The molecule has 0 aromatic heterocycles. The van der Waals surface area contributed by atoms with Gasteiger partial charge in [0.15, 0.2) is 0 Å². The molecule has 0 saturated heterocycles. The Labute approximate surface area is 160 Å². The number of hydrogen-bond acceptors (Lipinski definition) is 2. The molecule has 3 saturated carbocycles. The van der Waals surface area contributed by atoms with E-state index in [1.165, 1.54) is 38.5 Å². The quantitative estimate of drug-likeness (QED) is 0.558. The standard InChI is InChI=1S/C24H40O2/c1-21(2)12-9-13-22(3)18-11-14-24(5)19(10-7-6-8-15-26-24)23(18,4)16-17(25)20(21)22/h6,8,17-20,25H,7,9-16H2,1-5H3/b8-6-/t17-,18+,19-,20-,22+,23+,24-/m0/s1. The van der Waals surface area contributed by atoms with Crippen LogP contribution in [-0.4, -0.2) is 23.4 Å². The van der Waals surface area contributed by atoms with Crippen molar-refractivity contribution in [3.63, 3.8) is 0 Å². The molecular weight excluding hydrogens is 320 g/mol. The molecule has 0 amide bonds. The maximum Gasteiger partial charge on any atom is 0.0692 e. The molecule has 0 spiro atoms. The zero-order valence-corrected chi connectivity index (χ0v) is 17.7. The van der Waals surface area contributed by atoms with Gasteiger partial charge in [-0.3, -0.25) is 0 Å². The first kappa shape index (κ1) is 19.0. The van der Waals surface area contributed by atoms with Crippen molar-refractivity contribution in [1.29, 1.82) is 0 Å². The summed E-state index contributed by atoms with van der Waals surface area (Å²) >= 11 is 0. The van der Waals surface area contributed by atoms with E-state index in [2.05, 4.69) is 46.8 Å². The van der Waals surface area contributed by atoms with E-state index < -0.39 is 0 Å². The molecule has 0 radical (unpaired) electrons. The van der Waals surface area contributed by atoms with Crippen LogP contribution in [0.15, 0.2) is 12.2 Å². The topological polar surface area (TPSA) is 29.5 Å². The first-order chi connectivity index (χ1) is 12.1.